The molecule has 0 spiro atoms. The molecule has 3 aromatic rings. The summed E-state index contributed by atoms with van der Waals surface area (Å²) < 4.78 is 0. The van der Waals surface area contributed by atoms with Crippen LogP contribution in [0.3, 0.4) is 0 Å². The molecule has 2 amide bonds. The van der Waals surface area contributed by atoms with E-state index in [4.69, 9.17) is 0 Å². The number of anilines is 1. The lowest BCUT2D eigenvalue weighted by molar-refractivity contribution is -0.122. The third-order valence-electron chi connectivity index (χ3n) is 7.82. The Morgan fingerprint density at radius 2 is 1.31 bits per heavy atom. The largest absolute Gasteiger partial charge is 0.274 e. The predicted octanol–water partition coefficient (Wildman–Crippen LogP) is 5.82. The summed E-state index contributed by atoms with van der Waals surface area (Å²) in [6.07, 6.45) is 0. The van der Waals surface area contributed by atoms with Crippen LogP contribution in [0.1, 0.15) is 70.5 Å². The van der Waals surface area contributed by atoms with E-state index >= 15 is 0 Å². The molecule has 32 heavy (non-hydrogen) atoms. The highest BCUT2D eigenvalue weighted by molar-refractivity contribution is 6.23. The summed E-state index contributed by atoms with van der Waals surface area (Å²) in [6, 6.07) is 21.1. The van der Waals surface area contributed by atoms with Crippen molar-refractivity contribution in [1.29, 1.82) is 0 Å². The molecule has 1 aliphatic heterocycles. The van der Waals surface area contributed by atoms with Gasteiger partial charge in [0.05, 0.1) is 17.5 Å². The lowest BCUT2D eigenvalue weighted by atomic mass is 9.54. The first-order chi connectivity index (χ1) is 15.4. The summed E-state index contributed by atoms with van der Waals surface area (Å²) in [4.78, 5) is 29.3. The zero-order chi connectivity index (χ0) is 22.3. The van der Waals surface area contributed by atoms with Crippen molar-refractivity contribution in [1.82, 2.24) is 0 Å². The topological polar surface area (TPSA) is 37.4 Å². The second-order valence-corrected chi connectivity index (χ2v) is 9.98. The Morgan fingerprint density at radius 1 is 0.719 bits per heavy atom. The molecular weight excluding hydrogens is 394 g/mol. The van der Waals surface area contributed by atoms with Crippen molar-refractivity contribution in [2.45, 2.75) is 45.4 Å². The Balaban J connectivity index is 1.56. The summed E-state index contributed by atoms with van der Waals surface area (Å²) in [7, 11) is 0. The number of aryl methyl sites for hydroxylation is 2. The van der Waals surface area contributed by atoms with Crippen LogP contribution in [0.25, 0.3) is 0 Å². The summed E-state index contributed by atoms with van der Waals surface area (Å²) in [6.45, 7) is 8.42. The Kier molecular flexibility index (Phi) is 4.05. The SMILES string of the molecule is Cc1ccc(N2C(=O)[C@H]3[C@@H]4c5ccccc5[C@H](c5cc(C(C)C)ccc54)[C@@H]3C2=O)c(C)c1. The van der Waals surface area contributed by atoms with Gasteiger partial charge in [0.2, 0.25) is 11.8 Å². The first kappa shape index (κ1) is 19.5. The van der Waals surface area contributed by atoms with Crippen LogP contribution in [0.2, 0.25) is 0 Å². The summed E-state index contributed by atoms with van der Waals surface area (Å²) in [5.74, 6) is -0.475. The minimum Gasteiger partial charge on any atom is -0.274 e. The van der Waals surface area contributed by atoms with Gasteiger partial charge in [-0.15, -0.1) is 0 Å². The van der Waals surface area contributed by atoms with Gasteiger partial charge in [0, 0.05) is 11.8 Å². The molecular formula is C29H27NO2. The first-order valence-electron chi connectivity index (χ1n) is 11.6. The van der Waals surface area contributed by atoms with Crippen molar-refractivity contribution in [3.8, 4) is 0 Å². The molecule has 1 saturated heterocycles. The molecule has 0 aromatic heterocycles. The van der Waals surface area contributed by atoms with Gasteiger partial charge in [-0.3, -0.25) is 9.59 Å². The van der Waals surface area contributed by atoms with E-state index in [0.717, 1.165) is 16.8 Å². The van der Waals surface area contributed by atoms with E-state index in [1.54, 1.807) is 0 Å². The lowest BCUT2D eigenvalue weighted by Gasteiger charge is -2.46. The van der Waals surface area contributed by atoms with E-state index in [1.165, 1.54) is 32.7 Å². The molecule has 3 nitrogen and oxygen atoms in total. The van der Waals surface area contributed by atoms with Crippen molar-refractivity contribution in [2.75, 3.05) is 4.90 Å². The third-order valence-corrected chi connectivity index (χ3v) is 7.82. The Hall–Kier alpha value is -3.20. The van der Waals surface area contributed by atoms with Crippen molar-refractivity contribution in [3.63, 3.8) is 0 Å². The van der Waals surface area contributed by atoms with Crippen molar-refractivity contribution < 1.29 is 9.59 Å². The summed E-state index contributed by atoms with van der Waals surface area (Å²) in [5, 5.41) is 0. The van der Waals surface area contributed by atoms with Crippen molar-refractivity contribution in [3.05, 3.63) is 99.6 Å². The van der Waals surface area contributed by atoms with Gasteiger partial charge in [-0.25, -0.2) is 4.90 Å². The first-order valence-corrected chi connectivity index (χ1v) is 11.6. The van der Waals surface area contributed by atoms with Crippen LogP contribution >= 0.6 is 0 Å². The summed E-state index contributed by atoms with van der Waals surface area (Å²) >= 11 is 0. The zero-order valence-corrected chi connectivity index (χ0v) is 18.9. The van der Waals surface area contributed by atoms with Gasteiger partial charge in [0.1, 0.15) is 0 Å². The number of imide groups is 1. The number of rotatable bonds is 2. The molecule has 0 radical (unpaired) electrons. The number of carbonyl (C=O) groups excluding carboxylic acids is 2. The molecule has 160 valence electrons. The number of nitrogens with zero attached hydrogens (tertiary/aromatic N) is 1. The zero-order valence-electron chi connectivity index (χ0n) is 18.9. The molecule has 0 N–H and O–H groups in total. The highest BCUT2D eigenvalue weighted by Crippen LogP contribution is 2.61. The minimum absolute atomic E-state index is 0.0444. The second kappa shape index (κ2) is 6.65. The fourth-order valence-electron chi connectivity index (χ4n) is 6.40. The van der Waals surface area contributed by atoms with Crippen LogP contribution < -0.4 is 4.90 Å². The maximum atomic E-state index is 13.9. The average molecular weight is 422 g/mol. The van der Waals surface area contributed by atoms with Crippen LogP contribution in [0.4, 0.5) is 5.69 Å². The normalized spacial score (nSPS) is 25.2. The van der Waals surface area contributed by atoms with Crippen LogP contribution in [0.5, 0.6) is 0 Å². The number of hydrogen-bond acceptors (Lipinski definition) is 2. The van der Waals surface area contributed by atoms with Crippen molar-refractivity contribution in [2.24, 2.45) is 11.8 Å². The molecule has 3 aliphatic carbocycles. The van der Waals surface area contributed by atoms with Crippen LogP contribution in [-0.2, 0) is 9.59 Å². The van der Waals surface area contributed by atoms with E-state index in [1.807, 2.05) is 32.0 Å². The lowest BCUT2D eigenvalue weighted by Crippen LogP contribution is -2.41. The maximum absolute atomic E-state index is 13.9. The number of amides is 2. The van der Waals surface area contributed by atoms with Gasteiger partial charge in [-0.2, -0.15) is 0 Å². The van der Waals surface area contributed by atoms with Crippen molar-refractivity contribution >= 4 is 17.5 Å². The fraction of sp³-hybridized carbons (Fsp3) is 0.310. The van der Waals surface area contributed by atoms with E-state index in [0.29, 0.717) is 5.92 Å². The van der Waals surface area contributed by atoms with E-state index < -0.39 is 0 Å². The molecule has 2 bridgehead atoms. The van der Waals surface area contributed by atoms with E-state index in [9.17, 15) is 9.59 Å². The van der Waals surface area contributed by atoms with Crippen LogP contribution in [0.15, 0.2) is 60.7 Å². The number of carbonyl (C=O) groups is 2. The molecule has 1 fully saturated rings. The van der Waals surface area contributed by atoms with Gasteiger partial charge >= 0.3 is 0 Å². The van der Waals surface area contributed by atoms with Gasteiger partial charge in [0.25, 0.3) is 0 Å². The molecule has 0 saturated carbocycles. The number of benzene rings is 3. The van der Waals surface area contributed by atoms with Gasteiger partial charge in [0.15, 0.2) is 0 Å². The monoisotopic (exact) mass is 421 g/mol. The molecule has 3 heteroatoms. The fourth-order valence-corrected chi connectivity index (χ4v) is 6.40. The Morgan fingerprint density at radius 3 is 1.91 bits per heavy atom. The molecule has 0 unspecified atom stereocenters. The molecule has 4 aliphatic rings. The average Bonchev–Trinajstić information content (AvgIpc) is 3.04. The third kappa shape index (κ3) is 2.42. The molecule has 4 atom stereocenters. The van der Waals surface area contributed by atoms with E-state index in [-0.39, 0.29) is 35.5 Å². The van der Waals surface area contributed by atoms with Crippen LogP contribution in [0, 0.1) is 25.7 Å². The Labute approximate surface area is 189 Å². The highest BCUT2D eigenvalue weighted by atomic mass is 16.2. The van der Waals surface area contributed by atoms with Gasteiger partial charge in [-0.1, -0.05) is 74.0 Å². The molecule has 7 rings (SSSR count). The molecule has 3 aromatic carbocycles. The van der Waals surface area contributed by atoms with Gasteiger partial charge < -0.3 is 0 Å². The minimum atomic E-state index is -0.335. The van der Waals surface area contributed by atoms with E-state index in [2.05, 4.69) is 56.3 Å². The maximum Gasteiger partial charge on any atom is 0.238 e. The smallest absolute Gasteiger partial charge is 0.238 e. The quantitative estimate of drug-likeness (QED) is 0.489. The summed E-state index contributed by atoms with van der Waals surface area (Å²) in [5.41, 5.74) is 9.01. The molecule has 1 heterocycles. The van der Waals surface area contributed by atoms with Gasteiger partial charge in [-0.05, 0) is 59.2 Å². The second-order valence-electron chi connectivity index (χ2n) is 9.98. The number of hydrogen-bond donors (Lipinski definition) is 0. The standard InChI is InChI=1S/C29H27NO2/c1-15(2)18-10-11-21-22(14-18)25-20-8-6-5-7-19(20)24(21)26-27(25)29(32)30(28(26)31)23-12-9-16(3)13-17(23)4/h5-15,24-27H,1-4H3/t24-,25-,26+,27+/m1/s1. The highest BCUT2D eigenvalue weighted by Gasteiger charge is 2.61. The predicted molar refractivity (Wildman–Crippen MR) is 126 cm³/mol. The Bertz CT molecular complexity index is 1300. The van der Waals surface area contributed by atoms with Crippen LogP contribution in [-0.4, -0.2) is 11.8 Å².